The van der Waals surface area contributed by atoms with Gasteiger partial charge < -0.3 is 19.7 Å². The van der Waals surface area contributed by atoms with E-state index in [0.29, 0.717) is 0 Å². The van der Waals surface area contributed by atoms with Gasteiger partial charge in [0.15, 0.2) is 18.6 Å². The third-order valence-electron chi connectivity index (χ3n) is 1.13. The van der Waals surface area contributed by atoms with Gasteiger partial charge in [0, 0.05) is 0 Å². The van der Waals surface area contributed by atoms with E-state index in [-0.39, 0.29) is 6.29 Å². The molecule has 82 valence electrons. The van der Waals surface area contributed by atoms with Gasteiger partial charge in [0.05, 0.1) is 0 Å². The van der Waals surface area contributed by atoms with Crippen LogP contribution in [0.3, 0.4) is 0 Å². The molecule has 0 aliphatic rings. The van der Waals surface area contributed by atoms with E-state index in [0.717, 1.165) is 0 Å². The van der Waals surface area contributed by atoms with Crippen LogP contribution in [-0.2, 0) is 9.53 Å². The normalized spacial score (nSPS) is 15.5. The highest BCUT2D eigenvalue weighted by atomic mass is 16.6. The molecule has 0 saturated heterocycles. The number of aliphatic hydroxyl groups excluding tert-OH is 2. The predicted molar refractivity (Wildman–Crippen MR) is 47.4 cm³/mol. The third kappa shape index (κ3) is 5.50. The molecule has 0 aromatic heterocycles. The molecule has 3 N–H and O–H groups in total. The monoisotopic (exact) mass is 205 g/mol. The van der Waals surface area contributed by atoms with Crippen LogP contribution >= 0.6 is 0 Å². The van der Waals surface area contributed by atoms with Gasteiger partial charge in [-0.05, 0) is 20.8 Å². The summed E-state index contributed by atoms with van der Waals surface area (Å²) in [6, 6.07) is 0. The van der Waals surface area contributed by atoms with Crippen molar-refractivity contribution in [2.75, 3.05) is 0 Å². The van der Waals surface area contributed by atoms with Crippen LogP contribution in [0, 0.1) is 0 Å². The summed E-state index contributed by atoms with van der Waals surface area (Å²) in [5, 5.41) is 19.7. The highest BCUT2D eigenvalue weighted by molar-refractivity contribution is 5.69. The summed E-state index contributed by atoms with van der Waals surface area (Å²) in [6.45, 7) is 4.94. The zero-order valence-corrected chi connectivity index (χ0v) is 8.35. The first kappa shape index (κ1) is 12.9. The standard InChI is InChI=1S/C8H15NO5/c1-8(2,3)14-7(13)9-6(12)5(11)4-10/h4-6,11-12H,1-3H3,(H,9,13). The summed E-state index contributed by atoms with van der Waals surface area (Å²) in [7, 11) is 0. The van der Waals surface area contributed by atoms with E-state index in [1.54, 1.807) is 20.8 Å². The average Bonchev–Trinajstić information content (AvgIpc) is 1.99. The molecule has 0 radical (unpaired) electrons. The number of hydrogen-bond acceptors (Lipinski definition) is 5. The van der Waals surface area contributed by atoms with Gasteiger partial charge in [0.2, 0.25) is 0 Å². The minimum atomic E-state index is -1.65. The third-order valence-corrected chi connectivity index (χ3v) is 1.13. The highest BCUT2D eigenvalue weighted by Crippen LogP contribution is 2.06. The number of ether oxygens (including phenoxy) is 1. The first-order chi connectivity index (χ1) is 6.26. The lowest BCUT2D eigenvalue weighted by atomic mass is 10.2. The van der Waals surface area contributed by atoms with Crippen LogP contribution in [-0.4, -0.2) is 40.5 Å². The number of amides is 1. The van der Waals surface area contributed by atoms with Crippen molar-refractivity contribution in [3.05, 3.63) is 0 Å². The lowest BCUT2D eigenvalue weighted by Gasteiger charge is -2.21. The summed E-state index contributed by atoms with van der Waals surface area (Å²) >= 11 is 0. The Labute approximate surface area is 81.9 Å². The maximum atomic E-state index is 11.0. The number of carbonyl (C=O) groups is 2. The molecule has 0 aliphatic carbocycles. The molecule has 0 bridgehead atoms. The van der Waals surface area contributed by atoms with Gasteiger partial charge in [-0.3, -0.25) is 5.32 Å². The molecule has 0 rings (SSSR count). The molecular weight excluding hydrogens is 190 g/mol. The molecule has 0 spiro atoms. The van der Waals surface area contributed by atoms with Gasteiger partial charge in [-0.1, -0.05) is 0 Å². The summed E-state index contributed by atoms with van der Waals surface area (Å²) in [5.74, 6) is 0. The Kier molecular flexibility index (Phi) is 4.52. The van der Waals surface area contributed by atoms with Crippen molar-refractivity contribution in [3.8, 4) is 0 Å². The Morgan fingerprint density at radius 2 is 1.93 bits per heavy atom. The van der Waals surface area contributed by atoms with Crippen molar-refractivity contribution in [2.45, 2.75) is 38.7 Å². The van der Waals surface area contributed by atoms with Crippen molar-refractivity contribution in [1.82, 2.24) is 5.32 Å². The summed E-state index contributed by atoms with van der Waals surface area (Å²) in [6.07, 6.45) is -4.09. The van der Waals surface area contributed by atoms with Gasteiger partial charge in [0.25, 0.3) is 0 Å². The van der Waals surface area contributed by atoms with Crippen LogP contribution < -0.4 is 5.32 Å². The Morgan fingerprint density at radius 1 is 1.43 bits per heavy atom. The Balaban J connectivity index is 4.01. The topological polar surface area (TPSA) is 95.9 Å². The number of alkyl carbamates (subject to hydrolysis) is 1. The molecule has 6 heteroatoms. The first-order valence-corrected chi connectivity index (χ1v) is 4.07. The van der Waals surface area contributed by atoms with E-state index in [1.165, 1.54) is 0 Å². The molecule has 0 fully saturated rings. The van der Waals surface area contributed by atoms with E-state index < -0.39 is 24.0 Å². The quantitative estimate of drug-likeness (QED) is 0.422. The zero-order valence-electron chi connectivity index (χ0n) is 8.35. The van der Waals surface area contributed by atoms with Gasteiger partial charge in [-0.25, -0.2) is 4.79 Å². The molecule has 0 heterocycles. The average molecular weight is 205 g/mol. The van der Waals surface area contributed by atoms with Gasteiger partial charge in [-0.15, -0.1) is 0 Å². The number of aldehydes is 1. The van der Waals surface area contributed by atoms with Crippen LogP contribution in [0.1, 0.15) is 20.8 Å². The van der Waals surface area contributed by atoms with Crippen LogP contribution in [0.2, 0.25) is 0 Å². The van der Waals surface area contributed by atoms with Crippen molar-refractivity contribution >= 4 is 12.4 Å². The molecule has 6 nitrogen and oxygen atoms in total. The van der Waals surface area contributed by atoms with E-state index in [9.17, 15) is 9.59 Å². The van der Waals surface area contributed by atoms with E-state index >= 15 is 0 Å². The second-order valence-corrected chi connectivity index (χ2v) is 3.72. The fraction of sp³-hybridized carbons (Fsp3) is 0.750. The minimum absolute atomic E-state index is 0.113. The van der Waals surface area contributed by atoms with Crippen molar-refractivity contribution in [2.24, 2.45) is 0 Å². The fourth-order valence-electron chi connectivity index (χ4n) is 0.588. The maximum Gasteiger partial charge on any atom is 0.409 e. The second kappa shape index (κ2) is 4.92. The van der Waals surface area contributed by atoms with E-state index in [2.05, 4.69) is 0 Å². The largest absolute Gasteiger partial charge is 0.444 e. The Morgan fingerprint density at radius 3 is 2.29 bits per heavy atom. The van der Waals surface area contributed by atoms with E-state index in [4.69, 9.17) is 14.9 Å². The molecule has 0 aliphatic heterocycles. The Hall–Kier alpha value is -1.14. The number of carbonyl (C=O) groups excluding carboxylic acids is 2. The SMILES string of the molecule is CC(C)(C)OC(=O)NC(O)C(O)C=O. The Bertz CT molecular complexity index is 210. The maximum absolute atomic E-state index is 11.0. The number of hydrogen-bond donors (Lipinski definition) is 3. The number of rotatable bonds is 3. The minimum Gasteiger partial charge on any atom is -0.444 e. The molecule has 0 aromatic rings. The molecule has 1 amide bonds. The van der Waals surface area contributed by atoms with Crippen molar-refractivity contribution in [1.29, 1.82) is 0 Å². The van der Waals surface area contributed by atoms with Crippen LogP contribution in [0.4, 0.5) is 4.79 Å². The fourth-order valence-corrected chi connectivity index (χ4v) is 0.588. The van der Waals surface area contributed by atoms with Gasteiger partial charge >= 0.3 is 6.09 Å². The summed E-state index contributed by atoms with van der Waals surface area (Å²) < 4.78 is 4.77. The molecule has 14 heavy (non-hydrogen) atoms. The summed E-state index contributed by atoms with van der Waals surface area (Å²) in [5.41, 5.74) is -0.698. The molecule has 2 unspecified atom stereocenters. The van der Waals surface area contributed by atoms with Gasteiger partial charge in [0.1, 0.15) is 5.60 Å². The van der Waals surface area contributed by atoms with Crippen LogP contribution in [0.25, 0.3) is 0 Å². The van der Waals surface area contributed by atoms with Gasteiger partial charge in [-0.2, -0.15) is 0 Å². The molecular formula is C8H15NO5. The summed E-state index contributed by atoms with van der Waals surface area (Å²) in [4.78, 5) is 21.0. The van der Waals surface area contributed by atoms with Crippen LogP contribution in [0.5, 0.6) is 0 Å². The zero-order chi connectivity index (χ0) is 11.4. The number of aliphatic hydroxyl groups is 2. The smallest absolute Gasteiger partial charge is 0.409 e. The van der Waals surface area contributed by atoms with Crippen molar-refractivity contribution < 1.29 is 24.5 Å². The predicted octanol–water partition coefficient (Wildman–Crippen LogP) is -0.611. The van der Waals surface area contributed by atoms with E-state index in [1.807, 2.05) is 5.32 Å². The van der Waals surface area contributed by atoms with Crippen LogP contribution in [0.15, 0.2) is 0 Å². The number of nitrogens with one attached hydrogen (secondary N) is 1. The van der Waals surface area contributed by atoms with Crippen molar-refractivity contribution in [3.63, 3.8) is 0 Å². The molecule has 0 saturated carbocycles. The first-order valence-electron chi connectivity index (χ1n) is 4.07. The lowest BCUT2D eigenvalue weighted by Crippen LogP contribution is -2.45. The highest BCUT2D eigenvalue weighted by Gasteiger charge is 2.21. The second-order valence-electron chi connectivity index (χ2n) is 3.72. The molecule has 0 aromatic carbocycles. The molecule has 2 atom stereocenters. The lowest BCUT2D eigenvalue weighted by molar-refractivity contribution is -0.121.